The van der Waals surface area contributed by atoms with E-state index in [9.17, 15) is 0 Å². The number of nitrogens with zero attached hydrogens (tertiary/aromatic N) is 1. The quantitative estimate of drug-likeness (QED) is 0.521. The molecule has 2 saturated heterocycles. The predicted molar refractivity (Wildman–Crippen MR) is 81.7 cm³/mol. The van der Waals surface area contributed by atoms with Crippen LogP contribution >= 0.6 is 0 Å². The first kappa shape index (κ1) is 15.0. The van der Waals surface area contributed by atoms with Crippen LogP contribution in [-0.4, -0.2) is 23.5 Å². The summed E-state index contributed by atoms with van der Waals surface area (Å²) >= 11 is 0. The second-order valence-electron chi connectivity index (χ2n) is 4.90. The Morgan fingerprint density at radius 3 is 2.22 bits per heavy atom. The Bertz CT molecular complexity index is 322. The molecule has 0 amide bonds. The summed E-state index contributed by atoms with van der Waals surface area (Å²) in [7, 11) is 0. The van der Waals surface area contributed by atoms with E-state index in [1.165, 1.54) is 36.8 Å². The van der Waals surface area contributed by atoms with Crippen molar-refractivity contribution in [3.8, 4) is 0 Å². The molecule has 2 heterocycles. The number of hydrogen-bond acceptors (Lipinski definition) is 1. The van der Waals surface area contributed by atoms with E-state index >= 15 is 0 Å². The molecule has 18 heavy (non-hydrogen) atoms. The molecule has 2 unspecified atom stereocenters. The lowest BCUT2D eigenvalue weighted by atomic mass is 9.97. The lowest BCUT2D eigenvalue weighted by Crippen LogP contribution is -2.41. The second-order valence-corrected chi connectivity index (χ2v) is 4.90. The van der Waals surface area contributed by atoms with E-state index in [4.69, 9.17) is 0 Å². The third kappa shape index (κ3) is 3.46. The molecule has 0 radical (unpaired) electrons. The van der Waals surface area contributed by atoms with Crippen LogP contribution in [0.3, 0.4) is 0 Å². The fraction of sp³-hybridized carbons (Fsp3) is 0.529. The van der Waals surface area contributed by atoms with Gasteiger partial charge in [0.2, 0.25) is 0 Å². The summed E-state index contributed by atoms with van der Waals surface area (Å²) in [6.45, 7) is 16.8. The minimum Gasteiger partial charge on any atom is -0.293 e. The van der Waals surface area contributed by atoms with Crippen LogP contribution in [-0.2, 0) is 0 Å². The third-order valence-electron chi connectivity index (χ3n) is 3.78. The van der Waals surface area contributed by atoms with Crippen molar-refractivity contribution in [2.24, 2.45) is 0 Å². The summed E-state index contributed by atoms with van der Waals surface area (Å²) in [6, 6.07) is 1.44. The molecule has 100 valence electrons. The van der Waals surface area contributed by atoms with Crippen LogP contribution in [0.5, 0.6) is 0 Å². The van der Waals surface area contributed by atoms with Crippen LogP contribution < -0.4 is 0 Å². The van der Waals surface area contributed by atoms with Crippen LogP contribution in [0.2, 0.25) is 0 Å². The first-order valence-corrected chi connectivity index (χ1v) is 7.11. The highest BCUT2D eigenvalue weighted by atomic mass is 15.2. The topological polar surface area (TPSA) is 3.24 Å². The number of allylic oxidation sites excluding steroid dienone is 2. The Labute approximate surface area is 113 Å². The van der Waals surface area contributed by atoms with E-state index in [2.05, 4.69) is 30.7 Å². The van der Waals surface area contributed by atoms with Crippen molar-refractivity contribution in [2.45, 2.75) is 51.6 Å². The number of hydrogen-bond donors (Lipinski definition) is 0. The van der Waals surface area contributed by atoms with Crippen molar-refractivity contribution in [1.29, 1.82) is 0 Å². The highest BCUT2D eigenvalue weighted by Crippen LogP contribution is 2.37. The van der Waals surface area contributed by atoms with Gasteiger partial charge >= 0.3 is 0 Å². The molecule has 1 nitrogen and oxygen atoms in total. The van der Waals surface area contributed by atoms with Crippen molar-refractivity contribution >= 4 is 0 Å². The summed E-state index contributed by atoms with van der Waals surface area (Å²) in [5, 5.41) is 0. The van der Waals surface area contributed by atoms with Crippen LogP contribution in [0.1, 0.15) is 39.5 Å². The molecular weight excluding hydrogens is 218 g/mol. The molecule has 2 aliphatic heterocycles. The van der Waals surface area contributed by atoms with Crippen molar-refractivity contribution in [2.75, 3.05) is 6.54 Å². The summed E-state index contributed by atoms with van der Waals surface area (Å²) in [5.41, 5.74) is 2.72. The lowest BCUT2D eigenvalue weighted by Gasteiger charge is -2.36. The first-order valence-electron chi connectivity index (χ1n) is 7.11. The highest BCUT2D eigenvalue weighted by molar-refractivity contribution is 5.24. The highest BCUT2D eigenvalue weighted by Gasteiger charge is 2.37. The van der Waals surface area contributed by atoms with Gasteiger partial charge in [-0.05, 0) is 31.3 Å². The van der Waals surface area contributed by atoms with Gasteiger partial charge in [-0.3, -0.25) is 4.90 Å². The maximum atomic E-state index is 4.15. The minimum absolute atomic E-state index is 0.722. The van der Waals surface area contributed by atoms with Crippen molar-refractivity contribution in [3.05, 3.63) is 49.1 Å². The standard InChI is InChI=1S/C15H21N.C2H6/c1-4-6-13(5-2)11-16-14-7-8-15(16)10-12(3)9-14;1-2/h4-6,14-15H,1-3,7-11H2;1-2H3/b13-6+;. The zero-order valence-corrected chi connectivity index (χ0v) is 12.0. The molecule has 0 aliphatic carbocycles. The van der Waals surface area contributed by atoms with E-state index in [1.54, 1.807) is 0 Å². The zero-order chi connectivity index (χ0) is 13.5. The Balaban J connectivity index is 0.000000771. The van der Waals surface area contributed by atoms with E-state index < -0.39 is 0 Å². The fourth-order valence-corrected chi connectivity index (χ4v) is 3.01. The second kappa shape index (κ2) is 7.38. The van der Waals surface area contributed by atoms with Crippen molar-refractivity contribution in [3.63, 3.8) is 0 Å². The van der Waals surface area contributed by atoms with Gasteiger partial charge in [0.05, 0.1) is 0 Å². The smallest absolute Gasteiger partial charge is 0.0239 e. The molecule has 0 N–H and O–H groups in total. The Morgan fingerprint density at radius 2 is 1.78 bits per heavy atom. The molecule has 2 atom stereocenters. The normalized spacial score (nSPS) is 27.4. The summed E-state index contributed by atoms with van der Waals surface area (Å²) in [5.74, 6) is 0. The third-order valence-corrected chi connectivity index (χ3v) is 3.78. The van der Waals surface area contributed by atoms with Crippen molar-refractivity contribution < 1.29 is 0 Å². The Kier molecular flexibility index (Phi) is 6.14. The number of rotatable bonds is 4. The average Bonchev–Trinajstić information content (AvgIpc) is 2.63. The SMILES string of the molecule is C=C/C=C(\C=C)CN1C2CCC1CC(=C)C2.CC. The van der Waals surface area contributed by atoms with E-state index in [-0.39, 0.29) is 0 Å². The summed E-state index contributed by atoms with van der Waals surface area (Å²) in [6.07, 6.45) is 10.9. The molecule has 0 aromatic heterocycles. The van der Waals surface area contributed by atoms with E-state index in [0.717, 1.165) is 18.6 Å². The van der Waals surface area contributed by atoms with Gasteiger partial charge in [-0.2, -0.15) is 0 Å². The average molecular weight is 245 g/mol. The summed E-state index contributed by atoms with van der Waals surface area (Å²) in [4.78, 5) is 2.63. The van der Waals surface area contributed by atoms with Gasteiger partial charge in [0, 0.05) is 18.6 Å². The maximum Gasteiger partial charge on any atom is 0.0239 e. The van der Waals surface area contributed by atoms with Crippen LogP contribution in [0.15, 0.2) is 49.1 Å². The molecule has 0 aromatic carbocycles. The maximum absolute atomic E-state index is 4.15. The Morgan fingerprint density at radius 1 is 1.22 bits per heavy atom. The van der Waals surface area contributed by atoms with Crippen LogP contribution in [0, 0.1) is 0 Å². The largest absolute Gasteiger partial charge is 0.293 e. The lowest BCUT2D eigenvalue weighted by molar-refractivity contribution is 0.183. The van der Waals surface area contributed by atoms with Gasteiger partial charge in [-0.1, -0.05) is 57.4 Å². The molecule has 0 spiro atoms. The minimum atomic E-state index is 0.722. The van der Waals surface area contributed by atoms with Gasteiger partial charge in [0.25, 0.3) is 0 Å². The molecule has 2 rings (SSSR count). The molecule has 0 aromatic rings. The van der Waals surface area contributed by atoms with Crippen LogP contribution in [0.4, 0.5) is 0 Å². The molecule has 0 saturated carbocycles. The molecule has 2 aliphatic rings. The zero-order valence-electron chi connectivity index (χ0n) is 12.0. The fourth-order valence-electron chi connectivity index (χ4n) is 3.01. The number of piperidine rings is 1. The molecule has 2 bridgehead atoms. The van der Waals surface area contributed by atoms with Gasteiger partial charge in [0.15, 0.2) is 0 Å². The van der Waals surface area contributed by atoms with E-state index in [1.807, 2.05) is 26.0 Å². The van der Waals surface area contributed by atoms with Gasteiger partial charge in [0.1, 0.15) is 0 Å². The first-order chi connectivity index (χ1) is 8.74. The van der Waals surface area contributed by atoms with Crippen molar-refractivity contribution in [1.82, 2.24) is 4.90 Å². The van der Waals surface area contributed by atoms with Gasteiger partial charge < -0.3 is 0 Å². The van der Waals surface area contributed by atoms with E-state index in [0.29, 0.717) is 0 Å². The van der Waals surface area contributed by atoms with Crippen LogP contribution in [0.25, 0.3) is 0 Å². The Hall–Kier alpha value is -1.08. The molecular formula is C17H27N. The van der Waals surface area contributed by atoms with Gasteiger partial charge in [-0.25, -0.2) is 0 Å². The molecule has 2 fully saturated rings. The monoisotopic (exact) mass is 245 g/mol. The number of fused-ring (bicyclic) bond motifs is 2. The van der Waals surface area contributed by atoms with Gasteiger partial charge in [-0.15, -0.1) is 0 Å². The molecule has 1 heteroatoms. The predicted octanol–water partition coefficient (Wildman–Crippen LogP) is 4.49. The summed E-state index contributed by atoms with van der Waals surface area (Å²) < 4.78 is 0.